The van der Waals surface area contributed by atoms with Gasteiger partial charge < -0.3 is 9.64 Å². The maximum absolute atomic E-state index is 5.63. The molecule has 0 saturated heterocycles. The van der Waals surface area contributed by atoms with Crippen LogP contribution in [-0.2, 0) is 24.1 Å². The average molecular weight is 347 g/mol. The number of thiazole rings is 1. The Kier molecular flexibility index (Phi) is 5.46. The van der Waals surface area contributed by atoms with Crippen molar-refractivity contribution in [2.24, 2.45) is 0 Å². The summed E-state index contributed by atoms with van der Waals surface area (Å²) in [4.78, 5) is 16.3. The molecule has 5 nitrogen and oxygen atoms in total. The highest BCUT2D eigenvalue weighted by atomic mass is 32.1. The number of rotatable bonds is 6. The normalized spacial score (nSPS) is 15.2. The van der Waals surface area contributed by atoms with Gasteiger partial charge in [-0.15, -0.1) is 11.3 Å². The fraction of sp³-hybridized carbons (Fsp3) is 0.611. The monoisotopic (exact) mass is 346 g/mol. The van der Waals surface area contributed by atoms with Crippen LogP contribution in [0.25, 0.3) is 0 Å². The van der Waals surface area contributed by atoms with Gasteiger partial charge in [0.15, 0.2) is 0 Å². The van der Waals surface area contributed by atoms with E-state index in [9.17, 15) is 0 Å². The number of aromatic nitrogens is 3. The first-order valence-electron chi connectivity index (χ1n) is 8.72. The molecule has 0 fully saturated rings. The minimum atomic E-state index is 0.0631. The van der Waals surface area contributed by atoms with Gasteiger partial charge in [-0.05, 0) is 46.5 Å². The van der Waals surface area contributed by atoms with Crippen molar-refractivity contribution in [2.75, 3.05) is 18.6 Å². The largest absolute Gasteiger partial charge is 0.372 e. The number of anilines is 1. The van der Waals surface area contributed by atoms with E-state index in [2.05, 4.69) is 29.2 Å². The van der Waals surface area contributed by atoms with Crippen molar-refractivity contribution in [3.63, 3.8) is 0 Å². The van der Waals surface area contributed by atoms with Crippen LogP contribution < -0.4 is 4.90 Å². The molecule has 3 rings (SSSR count). The molecule has 0 aromatic carbocycles. The van der Waals surface area contributed by atoms with E-state index in [1.54, 1.807) is 11.3 Å². The zero-order valence-electron chi connectivity index (χ0n) is 15.0. The van der Waals surface area contributed by atoms with E-state index in [1.807, 2.05) is 13.8 Å². The summed E-state index contributed by atoms with van der Waals surface area (Å²) in [5.74, 6) is 1.94. The zero-order valence-corrected chi connectivity index (χ0v) is 15.8. The molecule has 2 heterocycles. The summed E-state index contributed by atoms with van der Waals surface area (Å²) < 4.78 is 5.63. The highest BCUT2D eigenvalue weighted by Crippen LogP contribution is 2.29. The number of hydrogen-bond acceptors (Lipinski definition) is 6. The molecular weight excluding hydrogens is 320 g/mol. The van der Waals surface area contributed by atoms with E-state index in [1.165, 1.54) is 24.1 Å². The summed E-state index contributed by atoms with van der Waals surface area (Å²) in [6.07, 6.45) is 4.68. The molecule has 24 heavy (non-hydrogen) atoms. The van der Waals surface area contributed by atoms with E-state index >= 15 is 0 Å². The lowest BCUT2D eigenvalue weighted by Crippen LogP contribution is -2.23. The van der Waals surface area contributed by atoms with Crippen molar-refractivity contribution in [2.45, 2.75) is 59.1 Å². The van der Waals surface area contributed by atoms with E-state index in [4.69, 9.17) is 14.7 Å². The fourth-order valence-electron chi connectivity index (χ4n) is 3.23. The Morgan fingerprint density at radius 3 is 2.83 bits per heavy atom. The molecular formula is C18H26N4OS. The predicted octanol–water partition coefficient (Wildman–Crippen LogP) is 3.85. The van der Waals surface area contributed by atoms with Crippen LogP contribution in [0, 0.1) is 6.92 Å². The maximum Gasteiger partial charge on any atom is 0.135 e. The molecule has 6 heteroatoms. The van der Waals surface area contributed by atoms with Crippen molar-refractivity contribution in [1.82, 2.24) is 15.0 Å². The molecule has 0 saturated carbocycles. The first kappa shape index (κ1) is 17.3. The van der Waals surface area contributed by atoms with Gasteiger partial charge in [0.1, 0.15) is 22.8 Å². The van der Waals surface area contributed by atoms with Crippen molar-refractivity contribution >= 4 is 17.2 Å². The molecule has 1 aliphatic rings. The van der Waals surface area contributed by atoms with E-state index in [-0.39, 0.29) is 6.10 Å². The summed E-state index contributed by atoms with van der Waals surface area (Å²) in [5.41, 5.74) is 3.64. The van der Waals surface area contributed by atoms with Gasteiger partial charge >= 0.3 is 0 Å². The van der Waals surface area contributed by atoms with Gasteiger partial charge in [0.05, 0.1) is 12.2 Å². The van der Waals surface area contributed by atoms with Gasteiger partial charge in [-0.25, -0.2) is 15.0 Å². The lowest BCUT2D eigenvalue weighted by molar-refractivity contribution is 0.0761. The summed E-state index contributed by atoms with van der Waals surface area (Å²) in [7, 11) is 2.10. The highest BCUT2D eigenvalue weighted by molar-refractivity contribution is 7.09. The Balaban J connectivity index is 1.78. The van der Waals surface area contributed by atoms with Crippen LogP contribution in [0.1, 0.15) is 60.6 Å². The predicted molar refractivity (Wildman–Crippen MR) is 97.7 cm³/mol. The lowest BCUT2D eigenvalue weighted by atomic mass is 9.96. The summed E-state index contributed by atoms with van der Waals surface area (Å²) >= 11 is 1.67. The minimum Gasteiger partial charge on any atom is -0.372 e. The van der Waals surface area contributed by atoms with E-state index in [0.29, 0.717) is 6.61 Å². The molecule has 0 bridgehead atoms. The van der Waals surface area contributed by atoms with Gasteiger partial charge in [0.2, 0.25) is 0 Å². The Morgan fingerprint density at radius 2 is 2.04 bits per heavy atom. The molecule has 0 spiro atoms. The molecule has 1 atom stereocenters. The van der Waals surface area contributed by atoms with E-state index < -0.39 is 0 Å². The van der Waals surface area contributed by atoms with Gasteiger partial charge in [0, 0.05) is 30.3 Å². The quantitative estimate of drug-likeness (QED) is 0.795. The molecule has 2 aromatic heterocycles. The third-order valence-corrected chi connectivity index (χ3v) is 5.42. The first-order chi connectivity index (χ1) is 11.6. The smallest absolute Gasteiger partial charge is 0.135 e. The highest BCUT2D eigenvalue weighted by Gasteiger charge is 2.20. The van der Waals surface area contributed by atoms with Crippen LogP contribution >= 0.6 is 11.3 Å². The van der Waals surface area contributed by atoms with Crippen LogP contribution in [-0.4, -0.2) is 28.6 Å². The molecule has 1 unspecified atom stereocenters. The molecule has 1 aliphatic carbocycles. The number of hydrogen-bond donors (Lipinski definition) is 0. The molecule has 0 amide bonds. The van der Waals surface area contributed by atoms with Gasteiger partial charge in [-0.2, -0.15) is 0 Å². The molecule has 0 N–H and O–H groups in total. The Morgan fingerprint density at radius 1 is 1.25 bits per heavy atom. The second-order valence-corrected chi connectivity index (χ2v) is 7.25. The average Bonchev–Trinajstić information content (AvgIpc) is 3.02. The second kappa shape index (κ2) is 7.57. The van der Waals surface area contributed by atoms with Crippen LogP contribution in [0.2, 0.25) is 0 Å². The van der Waals surface area contributed by atoms with Crippen molar-refractivity contribution in [3.8, 4) is 0 Å². The molecule has 0 radical (unpaired) electrons. The maximum atomic E-state index is 5.63. The number of aryl methyl sites for hydroxylation is 2. The SMILES string of the molecule is CCOC(C)c1nc(CN(C)c2nc(C)nc3c2CCCC3)cs1. The van der Waals surface area contributed by atoms with Gasteiger partial charge in [-0.1, -0.05) is 0 Å². The van der Waals surface area contributed by atoms with Gasteiger partial charge in [0.25, 0.3) is 0 Å². The standard InChI is InChI=1S/C18H26N4OS/c1-5-23-12(2)18-21-14(11-24-18)10-22(4)17-15-8-6-7-9-16(15)19-13(3)20-17/h11-12H,5-10H2,1-4H3. The van der Waals surface area contributed by atoms with Crippen LogP contribution in [0.4, 0.5) is 5.82 Å². The minimum absolute atomic E-state index is 0.0631. The Bertz CT molecular complexity index is 700. The van der Waals surface area contributed by atoms with Crippen LogP contribution in [0.3, 0.4) is 0 Å². The number of nitrogens with zero attached hydrogens (tertiary/aromatic N) is 4. The Labute approximate surface area is 148 Å². The topological polar surface area (TPSA) is 51.1 Å². The first-order valence-corrected chi connectivity index (χ1v) is 9.60. The second-order valence-electron chi connectivity index (χ2n) is 6.36. The lowest BCUT2D eigenvalue weighted by Gasteiger charge is -2.24. The van der Waals surface area contributed by atoms with Gasteiger partial charge in [-0.3, -0.25) is 0 Å². The van der Waals surface area contributed by atoms with Crippen LogP contribution in [0.5, 0.6) is 0 Å². The molecule has 2 aromatic rings. The van der Waals surface area contributed by atoms with Crippen molar-refractivity contribution in [3.05, 3.63) is 33.2 Å². The summed E-state index contributed by atoms with van der Waals surface area (Å²) in [6.45, 7) is 7.52. The number of fused-ring (bicyclic) bond motifs is 1. The number of ether oxygens (including phenoxy) is 1. The molecule has 130 valence electrons. The third-order valence-electron chi connectivity index (χ3n) is 4.37. The van der Waals surface area contributed by atoms with Crippen molar-refractivity contribution in [1.29, 1.82) is 0 Å². The van der Waals surface area contributed by atoms with Crippen LogP contribution in [0.15, 0.2) is 5.38 Å². The summed E-state index contributed by atoms with van der Waals surface area (Å²) in [6, 6.07) is 0. The summed E-state index contributed by atoms with van der Waals surface area (Å²) in [5, 5.41) is 3.17. The zero-order chi connectivity index (χ0) is 17.1. The Hall–Kier alpha value is -1.53. The van der Waals surface area contributed by atoms with E-state index in [0.717, 1.165) is 41.7 Å². The third kappa shape index (κ3) is 3.75. The van der Waals surface area contributed by atoms with Crippen molar-refractivity contribution < 1.29 is 4.74 Å². The molecule has 0 aliphatic heterocycles. The fourth-order valence-corrected chi connectivity index (χ4v) is 4.05.